The summed E-state index contributed by atoms with van der Waals surface area (Å²) in [7, 11) is 4.29. The van der Waals surface area contributed by atoms with Gasteiger partial charge in [0.2, 0.25) is 11.5 Å². The lowest BCUT2D eigenvalue weighted by molar-refractivity contribution is -0.142. The summed E-state index contributed by atoms with van der Waals surface area (Å²) in [6.07, 6.45) is -0.527. The fraction of sp³-hybridized carbons (Fsp3) is 0.385. The first-order chi connectivity index (χ1) is 9.53. The normalized spacial score (nSPS) is 9.75. The molecule has 0 heterocycles. The first-order valence-electron chi connectivity index (χ1n) is 5.75. The predicted molar refractivity (Wildman–Crippen MR) is 68.6 cm³/mol. The van der Waals surface area contributed by atoms with Gasteiger partial charge in [-0.15, -0.1) is 0 Å². The minimum absolute atomic E-state index is 0.139. The quantitative estimate of drug-likeness (QED) is 0.599. The number of carbonyl (C=O) groups is 2. The molecule has 1 N–H and O–H groups in total. The van der Waals surface area contributed by atoms with E-state index in [0.717, 1.165) is 0 Å². The number of carbonyl (C=O) groups excluding carboxylic acids is 1. The highest BCUT2D eigenvalue weighted by Crippen LogP contribution is 2.43. The van der Waals surface area contributed by atoms with Gasteiger partial charge in [-0.1, -0.05) is 0 Å². The van der Waals surface area contributed by atoms with Crippen molar-refractivity contribution >= 4 is 11.9 Å². The number of hydrogen-bond donors (Lipinski definition) is 1. The third kappa shape index (κ3) is 3.78. The summed E-state index contributed by atoms with van der Waals surface area (Å²) in [6, 6.07) is 3.04. The van der Waals surface area contributed by atoms with Crippen molar-refractivity contribution < 1.29 is 33.6 Å². The van der Waals surface area contributed by atoms with Crippen molar-refractivity contribution in [2.75, 3.05) is 21.3 Å². The van der Waals surface area contributed by atoms with Crippen LogP contribution in [-0.2, 0) is 9.59 Å². The van der Waals surface area contributed by atoms with E-state index in [1.165, 1.54) is 27.4 Å². The molecule has 0 aromatic heterocycles. The van der Waals surface area contributed by atoms with Crippen molar-refractivity contribution in [3.8, 4) is 23.0 Å². The van der Waals surface area contributed by atoms with Gasteiger partial charge in [0.25, 0.3) is 0 Å². The highest BCUT2D eigenvalue weighted by atomic mass is 16.6. The molecule has 1 aromatic carbocycles. The number of methoxy groups -OCH3 is 3. The molecule has 0 aliphatic carbocycles. The van der Waals surface area contributed by atoms with Gasteiger partial charge in [-0.05, 0) is 12.1 Å². The Hall–Kier alpha value is -2.44. The SMILES string of the molecule is COc1ccc(OC(=O)CCC(=O)O)c(OC)c1OC. The smallest absolute Gasteiger partial charge is 0.311 e. The molecule has 0 radical (unpaired) electrons. The van der Waals surface area contributed by atoms with Crippen molar-refractivity contribution in [3.63, 3.8) is 0 Å². The maximum atomic E-state index is 11.5. The van der Waals surface area contributed by atoms with Crippen LogP contribution in [0.3, 0.4) is 0 Å². The lowest BCUT2D eigenvalue weighted by Gasteiger charge is -2.15. The molecule has 1 rings (SSSR count). The van der Waals surface area contributed by atoms with Gasteiger partial charge in [0.15, 0.2) is 11.5 Å². The van der Waals surface area contributed by atoms with E-state index in [0.29, 0.717) is 11.5 Å². The Balaban J connectivity index is 2.95. The summed E-state index contributed by atoms with van der Waals surface area (Å²) >= 11 is 0. The van der Waals surface area contributed by atoms with Crippen LogP contribution >= 0.6 is 0 Å². The number of rotatable bonds is 7. The zero-order chi connectivity index (χ0) is 15.1. The first kappa shape index (κ1) is 15.6. The van der Waals surface area contributed by atoms with Crippen molar-refractivity contribution in [3.05, 3.63) is 12.1 Å². The zero-order valence-corrected chi connectivity index (χ0v) is 11.5. The monoisotopic (exact) mass is 284 g/mol. The fourth-order valence-electron chi connectivity index (χ4n) is 1.54. The Morgan fingerprint density at radius 2 is 1.50 bits per heavy atom. The molecule has 0 fully saturated rings. The molecule has 0 saturated heterocycles. The number of aliphatic carboxylic acids is 1. The Labute approximate surface area is 116 Å². The molecule has 0 spiro atoms. The van der Waals surface area contributed by atoms with Gasteiger partial charge in [0, 0.05) is 0 Å². The van der Waals surface area contributed by atoms with E-state index in [-0.39, 0.29) is 24.3 Å². The van der Waals surface area contributed by atoms with E-state index in [1.807, 2.05) is 0 Å². The maximum Gasteiger partial charge on any atom is 0.311 e. The van der Waals surface area contributed by atoms with Gasteiger partial charge < -0.3 is 24.1 Å². The number of carboxylic acid groups (broad SMARTS) is 1. The van der Waals surface area contributed by atoms with Crippen LogP contribution < -0.4 is 18.9 Å². The van der Waals surface area contributed by atoms with Gasteiger partial charge in [0.05, 0.1) is 34.2 Å². The molecule has 0 atom stereocenters. The molecular weight excluding hydrogens is 268 g/mol. The molecule has 20 heavy (non-hydrogen) atoms. The van der Waals surface area contributed by atoms with E-state index in [1.54, 1.807) is 6.07 Å². The zero-order valence-electron chi connectivity index (χ0n) is 11.5. The molecule has 7 nitrogen and oxygen atoms in total. The molecule has 0 aliphatic heterocycles. The summed E-state index contributed by atoms with van der Waals surface area (Å²) in [4.78, 5) is 21.9. The van der Waals surface area contributed by atoms with Crippen molar-refractivity contribution in [2.24, 2.45) is 0 Å². The summed E-state index contributed by atoms with van der Waals surface area (Å²) < 4.78 is 20.4. The van der Waals surface area contributed by atoms with Crippen molar-refractivity contribution in [1.29, 1.82) is 0 Å². The standard InChI is InChI=1S/C13H16O7/c1-17-8-4-5-9(13(19-3)12(8)18-2)20-11(16)7-6-10(14)15/h4-5H,6-7H2,1-3H3,(H,14,15). The van der Waals surface area contributed by atoms with Crippen molar-refractivity contribution in [2.45, 2.75) is 12.8 Å². The average molecular weight is 284 g/mol. The summed E-state index contributed by atoms with van der Waals surface area (Å²) in [5.74, 6) is -0.677. The van der Waals surface area contributed by atoms with Gasteiger partial charge in [-0.25, -0.2) is 0 Å². The van der Waals surface area contributed by atoms with Crippen LogP contribution in [0.4, 0.5) is 0 Å². The molecule has 0 unspecified atom stereocenters. The summed E-state index contributed by atoms with van der Waals surface area (Å²) in [5, 5.41) is 8.51. The number of hydrogen-bond acceptors (Lipinski definition) is 6. The van der Waals surface area contributed by atoms with Crippen LogP contribution in [0.5, 0.6) is 23.0 Å². The van der Waals surface area contributed by atoms with Crippen LogP contribution in [0.15, 0.2) is 12.1 Å². The molecule has 0 saturated carbocycles. The van der Waals surface area contributed by atoms with Gasteiger partial charge in [0.1, 0.15) is 0 Å². The average Bonchev–Trinajstić information content (AvgIpc) is 2.44. The van der Waals surface area contributed by atoms with Crippen LogP contribution in [0.2, 0.25) is 0 Å². The molecule has 0 bridgehead atoms. The van der Waals surface area contributed by atoms with Crippen LogP contribution in [-0.4, -0.2) is 38.4 Å². The molecule has 7 heteroatoms. The highest BCUT2D eigenvalue weighted by Gasteiger charge is 2.19. The second kappa shape index (κ2) is 7.22. The topological polar surface area (TPSA) is 91.3 Å². The van der Waals surface area contributed by atoms with Gasteiger partial charge in [-0.3, -0.25) is 9.59 Å². The second-order valence-electron chi connectivity index (χ2n) is 3.70. The third-order valence-electron chi connectivity index (χ3n) is 2.43. The Bertz CT molecular complexity index is 496. The van der Waals surface area contributed by atoms with E-state index in [2.05, 4.69) is 0 Å². The number of carboxylic acids is 1. The fourth-order valence-corrected chi connectivity index (χ4v) is 1.54. The predicted octanol–water partition coefficient (Wildman–Crippen LogP) is 1.48. The van der Waals surface area contributed by atoms with Crippen LogP contribution in [0, 0.1) is 0 Å². The summed E-state index contributed by atoms with van der Waals surface area (Å²) in [5.41, 5.74) is 0. The molecule has 1 aromatic rings. The molecule has 110 valence electrons. The summed E-state index contributed by atoms with van der Waals surface area (Å²) in [6.45, 7) is 0. The maximum absolute atomic E-state index is 11.5. The lowest BCUT2D eigenvalue weighted by Crippen LogP contribution is -2.11. The Morgan fingerprint density at radius 1 is 0.950 bits per heavy atom. The van der Waals surface area contributed by atoms with E-state index < -0.39 is 11.9 Å². The lowest BCUT2D eigenvalue weighted by atomic mass is 10.2. The third-order valence-corrected chi connectivity index (χ3v) is 2.43. The van der Waals surface area contributed by atoms with E-state index in [4.69, 9.17) is 24.1 Å². The molecule has 0 amide bonds. The van der Waals surface area contributed by atoms with E-state index >= 15 is 0 Å². The molecule has 0 aliphatic rings. The Kier molecular flexibility index (Phi) is 5.64. The molecular formula is C13H16O7. The van der Waals surface area contributed by atoms with Gasteiger partial charge in [-0.2, -0.15) is 0 Å². The van der Waals surface area contributed by atoms with E-state index in [9.17, 15) is 9.59 Å². The van der Waals surface area contributed by atoms with Crippen molar-refractivity contribution in [1.82, 2.24) is 0 Å². The number of benzene rings is 1. The minimum Gasteiger partial charge on any atom is -0.493 e. The number of ether oxygens (including phenoxy) is 4. The largest absolute Gasteiger partial charge is 0.493 e. The van der Waals surface area contributed by atoms with Crippen LogP contribution in [0.1, 0.15) is 12.8 Å². The minimum atomic E-state index is -1.07. The second-order valence-corrected chi connectivity index (χ2v) is 3.70. The first-order valence-corrected chi connectivity index (χ1v) is 5.75. The van der Waals surface area contributed by atoms with Crippen LogP contribution in [0.25, 0.3) is 0 Å². The highest BCUT2D eigenvalue weighted by molar-refractivity contribution is 5.79. The van der Waals surface area contributed by atoms with Gasteiger partial charge >= 0.3 is 11.9 Å². The number of esters is 1. The Morgan fingerprint density at radius 3 is 2.00 bits per heavy atom.